The standard InChI is InChI=1S/C14H18O4/c1-2-13(14(16)17)18-12-8-6-11(7-9-12)5-3-4-10-15/h6-10,13H,2-5H2,1H3,(H,16,17). The first kappa shape index (κ1) is 14.2. The molecule has 0 radical (unpaired) electrons. The van der Waals surface area contributed by atoms with Crippen molar-refractivity contribution in [2.75, 3.05) is 0 Å². The smallest absolute Gasteiger partial charge is 0.344 e. The number of hydrogen-bond donors (Lipinski definition) is 1. The van der Waals surface area contributed by atoms with Crippen molar-refractivity contribution in [3.05, 3.63) is 29.8 Å². The minimum Gasteiger partial charge on any atom is -0.479 e. The maximum Gasteiger partial charge on any atom is 0.344 e. The van der Waals surface area contributed by atoms with Gasteiger partial charge in [0, 0.05) is 6.42 Å². The molecule has 0 aliphatic rings. The number of aldehydes is 1. The van der Waals surface area contributed by atoms with Gasteiger partial charge in [0.25, 0.3) is 0 Å². The molecule has 0 saturated carbocycles. The van der Waals surface area contributed by atoms with Crippen molar-refractivity contribution in [3.63, 3.8) is 0 Å². The maximum absolute atomic E-state index is 10.8. The van der Waals surface area contributed by atoms with Gasteiger partial charge in [0.1, 0.15) is 12.0 Å². The molecule has 0 bridgehead atoms. The van der Waals surface area contributed by atoms with Crippen LogP contribution in [0.15, 0.2) is 24.3 Å². The predicted molar refractivity (Wildman–Crippen MR) is 67.8 cm³/mol. The van der Waals surface area contributed by atoms with E-state index in [0.29, 0.717) is 18.6 Å². The normalized spacial score (nSPS) is 11.8. The van der Waals surface area contributed by atoms with Gasteiger partial charge >= 0.3 is 5.97 Å². The molecule has 0 aromatic heterocycles. The van der Waals surface area contributed by atoms with Gasteiger partial charge in [-0.1, -0.05) is 19.1 Å². The van der Waals surface area contributed by atoms with Gasteiger partial charge in [-0.05, 0) is 37.0 Å². The summed E-state index contributed by atoms with van der Waals surface area (Å²) in [7, 11) is 0. The van der Waals surface area contributed by atoms with Crippen molar-refractivity contribution < 1.29 is 19.4 Å². The molecule has 0 heterocycles. The van der Waals surface area contributed by atoms with E-state index in [1.165, 1.54) is 0 Å². The quantitative estimate of drug-likeness (QED) is 0.568. The molecule has 0 aliphatic carbocycles. The lowest BCUT2D eigenvalue weighted by Crippen LogP contribution is -2.25. The first-order chi connectivity index (χ1) is 8.67. The minimum atomic E-state index is -0.951. The third kappa shape index (κ3) is 4.57. The topological polar surface area (TPSA) is 63.6 Å². The van der Waals surface area contributed by atoms with Crippen LogP contribution < -0.4 is 4.74 Å². The Hall–Kier alpha value is -1.84. The zero-order valence-electron chi connectivity index (χ0n) is 10.5. The summed E-state index contributed by atoms with van der Waals surface area (Å²) in [6.07, 6.45) is 2.78. The van der Waals surface area contributed by atoms with Crippen LogP contribution in [0.5, 0.6) is 5.75 Å². The maximum atomic E-state index is 10.8. The first-order valence-corrected chi connectivity index (χ1v) is 6.09. The molecule has 98 valence electrons. The van der Waals surface area contributed by atoms with E-state index in [1.54, 1.807) is 19.1 Å². The molecule has 0 spiro atoms. The molecule has 1 rings (SSSR count). The number of rotatable bonds is 8. The number of carboxylic acids is 1. The molecule has 0 fully saturated rings. The summed E-state index contributed by atoms with van der Waals surface area (Å²) in [5.41, 5.74) is 1.12. The van der Waals surface area contributed by atoms with E-state index in [0.717, 1.165) is 24.7 Å². The number of hydrogen-bond acceptors (Lipinski definition) is 3. The predicted octanol–water partition coefficient (Wildman–Crippen LogP) is 2.45. The third-order valence-electron chi connectivity index (χ3n) is 2.64. The van der Waals surface area contributed by atoms with E-state index < -0.39 is 12.1 Å². The highest BCUT2D eigenvalue weighted by molar-refractivity contribution is 5.72. The molecule has 0 saturated heterocycles. The average Bonchev–Trinajstić information content (AvgIpc) is 2.37. The number of aliphatic carboxylic acids is 1. The van der Waals surface area contributed by atoms with Crippen molar-refractivity contribution in [2.45, 2.75) is 38.7 Å². The monoisotopic (exact) mass is 250 g/mol. The average molecular weight is 250 g/mol. The summed E-state index contributed by atoms with van der Waals surface area (Å²) in [4.78, 5) is 21.0. The van der Waals surface area contributed by atoms with Crippen LogP contribution in [-0.2, 0) is 16.0 Å². The molecule has 1 aromatic rings. The van der Waals surface area contributed by atoms with E-state index in [1.807, 2.05) is 12.1 Å². The Kier molecular flexibility index (Phi) is 5.91. The molecular weight excluding hydrogens is 232 g/mol. The zero-order chi connectivity index (χ0) is 13.4. The van der Waals surface area contributed by atoms with Crippen LogP contribution >= 0.6 is 0 Å². The van der Waals surface area contributed by atoms with Crippen LogP contribution in [0.3, 0.4) is 0 Å². The van der Waals surface area contributed by atoms with Crippen LogP contribution in [-0.4, -0.2) is 23.5 Å². The molecule has 18 heavy (non-hydrogen) atoms. The molecule has 4 heteroatoms. The lowest BCUT2D eigenvalue weighted by molar-refractivity contribution is -0.145. The molecule has 0 aliphatic heterocycles. The van der Waals surface area contributed by atoms with E-state index in [2.05, 4.69) is 0 Å². The SMILES string of the molecule is CCC(Oc1ccc(CCCC=O)cc1)C(=O)O. The van der Waals surface area contributed by atoms with E-state index in [9.17, 15) is 9.59 Å². The van der Waals surface area contributed by atoms with Gasteiger partial charge in [-0.15, -0.1) is 0 Å². The van der Waals surface area contributed by atoms with Crippen LogP contribution in [0.2, 0.25) is 0 Å². The summed E-state index contributed by atoms with van der Waals surface area (Å²) in [5.74, 6) is -0.393. The molecule has 4 nitrogen and oxygen atoms in total. The second-order valence-electron chi connectivity index (χ2n) is 4.06. The number of unbranched alkanes of at least 4 members (excludes halogenated alkanes) is 1. The van der Waals surface area contributed by atoms with Gasteiger partial charge in [0.15, 0.2) is 6.10 Å². The van der Waals surface area contributed by atoms with Crippen molar-refractivity contribution >= 4 is 12.3 Å². The Morgan fingerprint density at radius 1 is 1.39 bits per heavy atom. The number of carbonyl (C=O) groups excluding carboxylic acids is 1. The summed E-state index contributed by atoms with van der Waals surface area (Å²) in [5, 5.41) is 8.87. The Labute approximate surface area is 107 Å². The van der Waals surface area contributed by atoms with Gasteiger partial charge in [0.2, 0.25) is 0 Å². The summed E-state index contributed by atoms with van der Waals surface area (Å²) in [6, 6.07) is 7.33. The van der Waals surface area contributed by atoms with E-state index in [-0.39, 0.29) is 0 Å². The minimum absolute atomic E-state index is 0.427. The van der Waals surface area contributed by atoms with E-state index in [4.69, 9.17) is 9.84 Å². The molecular formula is C14H18O4. The Bertz CT molecular complexity index is 383. The van der Waals surface area contributed by atoms with Gasteiger partial charge < -0.3 is 14.6 Å². The zero-order valence-corrected chi connectivity index (χ0v) is 10.5. The van der Waals surface area contributed by atoms with Crippen LogP contribution in [0.1, 0.15) is 31.7 Å². The highest BCUT2D eigenvalue weighted by Gasteiger charge is 2.16. The Balaban J connectivity index is 2.54. The van der Waals surface area contributed by atoms with Crippen molar-refractivity contribution in [1.82, 2.24) is 0 Å². The summed E-state index contributed by atoms with van der Waals surface area (Å²) >= 11 is 0. The molecule has 1 unspecified atom stereocenters. The van der Waals surface area contributed by atoms with Crippen LogP contribution in [0, 0.1) is 0 Å². The van der Waals surface area contributed by atoms with Gasteiger partial charge in [-0.3, -0.25) is 0 Å². The van der Waals surface area contributed by atoms with Crippen molar-refractivity contribution in [2.24, 2.45) is 0 Å². The van der Waals surface area contributed by atoms with Crippen molar-refractivity contribution in [1.29, 1.82) is 0 Å². The second kappa shape index (κ2) is 7.48. The van der Waals surface area contributed by atoms with Crippen LogP contribution in [0.25, 0.3) is 0 Å². The fourth-order valence-electron chi connectivity index (χ4n) is 1.60. The number of carbonyl (C=O) groups is 2. The molecule has 1 N–H and O–H groups in total. The highest BCUT2D eigenvalue weighted by Crippen LogP contribution is 2.16. The Morgan fingerprint density at radius 2 is 2.06 bits per heavy atom. The number of benzene rings is 1. The lowest BCUT2D eigenvalue weighted by Gasteiger charge is -2.13. The van der Waals surface area contributed by atoms with Gasteiger partial charge in [-0.2, -0.15) is 0 Å². The molecule has 1 aromatic carbocycles. The van der Waals surface area contributed by atoms with Gasteiger partial charge in [0.05, 0.1) is 0 Å². The number of ether oxygens (including phenoxy) is 1. The largest absolute Gasteiger partial charge is 0.479 e. The fraction of sp³-hybridized carbons (Fsp3) is 0.429. The first-order valence-electron chi connectivity index (χ1n) is 6.09. The molecule has 1 atom stereocenters. The summed E-state index contributed by atoms with van der Waals surface area (Å²) in [6.45, 7) is 1.77. The Morgan fingerprint density at radius 3 is 2.56 bits per heavy atom. The lowest BCUT2D eigenvalue weighted by atomic mass is 10.1. The fourth-order valence-corrected chi connectivity index (χ4v) is 1.60. The number of carboxylic acid groups (broad SMARTS) is 1. The third-order valence-corrected chi connectivity index (χ3v) is 2.64. The van der Waals surface area contributed by atoms with Gasteiger partial charge in [-0.25, -0.2) is 4.79 Å². The van der Waals surface area contributed by atoms with Crippen LogP contribution in [0.4, 0.5) is 0 Å². The summed E-state index contributed by atoms with van der Waals surface area (Å²) < 4.78 is 5.35. The molecule has 0 amide bonds. The highest BCUT2D eigenvalue weighted by atomic mass is 16.5. The second-order valence-corrected chi connectivity index (χ2v) is 4.06. The van der Waals surface area contributed by atoms with E-state index >= 15 is 0 Å². The van der Waals surface area contributed by atoms with Crippen molar-refractivity contribution in [3.8, 4) is 5.75 Å². The number of aryl methyl sites for hydroxylation is 1.